The Labute approximate surface area is 162 Å². The van der Waals surface area contributed by atoms with Crippen molar-refractivity contribution in [1.82, 2.24) is 14.9 Å². The number of pyridine rings is 1. The summed E-state index contributed by atoms with van der Waals surface area (Å²) < 4.78 is 5.77. The summed E-state index contributed by atoms with van der Waals surface area (Å²) in [6.45, 7) is 6.73. The van der Waals surface area contributed by atoms with Crippen LogP contribution in [0.1, 0.15) is 30.0 Å². The Morgan fingerprint density at radius 2 is 1.96 bits per heavy atom. The number of hydrogen-bond acceptors (Lipinski definition) is 6. The summed E-state index contributed by atoms with van der Waals surface area (Å²) in [6, 6.07) is 11.4. The molecule has 1 aliphatic heterocycles. The highest BCUT2D eigenvalue weighted by atomic mass is 32.1. The highest BCUT2D eigenvalue weighted by Crippen LogP contribution is 2.20. The predicted molar refractivity (Wildman–Crippen MR) is 107 cm³/mol. The van der Waals surface area contributed by atoms with Gasteiger partial charge >= 0.3 is 0 Å². The third kappa shape index (κ3) is 4.32. The average Bonchev–Trinajstić information content (AvgIpc) is 3.07. The monoisotopic (exact) mass is 382 g/mol. The third-order valence-electron chi connectivity index (χ3n) is 4.48. The summed E-state index contributed by atoms with van der Waals surface area (Å²) >= 11 is 1.44. The van der Waals surface area contributed by atoms with Crippen molar-refractivity contribution in [3.63, 3.8) is 0 Å². The molecule has 0 saturated carbocycles. The van der Waals surface area contributed by atoms with Crippen molar-refractivity contribution in [2.75, 3.05) is 18.4 Å². The minimum Gasteiger partial charge on any atom is -0.373 e. The molecule has 2 aromatic heterocycles. The van der Waals surface area contributed by atoms with Crippen LogP contribution in [0.2, 0.25) is 0 Å². The lowest BCUT2D eigenvalue weighted by Crippen LogP contribution is -2.44. The van der Waals surface area contributed by atoms with Crippen LogP contribution in [-0.2, 0) is 11.3 Å². The number of benzene rings is 1. The van der Waals surface area contributed by atoms with E-state index in [-0.39, 0.29) is 18.1 Å². The summed E-state index contributed by atoms with van der Waals surface area (Å²) in [7, 11) is 0. The number of carbonyl (C=O) groups excluding carboxylic acids is 1. The lowest BCUT2D eigenvalue weighted by atomic mass is 10.2. The molecule has 27 heavy (non-hydrogen) atoms. The van der Waals surface area contributed by atoms with Crippen molar-refractivity contribution in [3.8, 4) is 0 Å². The van der Waals surface area contributed by atoms with Crippen molar-refractivity contribution in [3.05, 3.63) is 53.2 Å². The van der Waals surface area contributed by atoms with E-state index in [0.717, 1.165) is 36.2 Å². The smallest absolute Gasteiger partial charge is 0.276 e. The second kappa shape index (κ2) is 7.72. The summed E-state index contributed by atoms with van der Waals surface area (Å²) in [5.41, 5.74) is 2.16. The summed E-state index contributed by atoms with van der Waals surface area (Å²) in [6.07, 6.45) is 0.455. The van der Waals surface area contributed by atoms with Crippen molar-refractivity contribution in [1.29, 1.82) is 0 Å². The van der Waals surface area contributed by atoms with Crippen LogP contribution in [0.15, 0.2) is 41.8 Å². The molecule has 3 heterocycles. The molecule has 140 valence electrons. The fraction of sp³-hybridized carbons (Fsp3) is 0.350. The molecule has 7 heteroatoms. The Morgan fingerprint density at radius 3 is 2.78 bits per heavy atom. The largest absolute Gasteiger partial charge is 0.373 e. The second-order valence-electron chi connectivity index (χ2n) is 6.94. The third-order valence-corrected chi connectivity index (χ3v) is 5.29. The van der Waals surface area contributed by atoms with Crippen LogP contribution in [0.25, 0.3) is 10.9 Å². The molecule has 1 fully saturated rings. The van der Waals surface area contributed by atoms with Crippen molar-refractivity contribution < 1.29 is 9.53 Å². The van der Waals surface area contributed by atoms with Gasteiger partial charge in [0.15, 0.2) is 5.13 Å². The normalized spacial score (nSPS) is 20.7. The highest BCUT2D eigenvalue weighted by molar-refractivity contribution is 7.13. The lowest BCUT2D eigenvalue weighted by molar-refractivity contribution is -0.0707. The number of fused-ring (bicyclic) bond motifs is 1. The zero-order valence-electron chi connectivity index (χ0n) is 15.4. The molecular weight excluding hydrogens is 360 g/mol. The zero-order valence-corrected chi connectivity index (χ0v) is 16.2. The van der Waals surface area contributed by atoms with E-state index in [9.17, 15) is 4.79 Å². The van der Waals surface area contributed by atoms with Gasteiger partial charge in [-0.15, -0.1) is 11.3 Å². The molecule has 1 aliphatic rings. The van der Waals surface area contributed by atoms with Crippen LogP contribution in [-0.4, -0.2) is 46.1 Å². The first-order valence-corrected chi connectivity index (χ1v) is 9.94. The van der Waals surface area contributed by atoms with E-state index >= 15 is 0 Å². The van der Waals surface area contributed by atoms with Gasteiger partial charge in [0.1, 0.15) is 5.69 Å². The molecule has 1 N–H and O–H groups in total. The van der Waals surface area contributed by atoms with Gasteiger partial charge in [0, 0.05) is 30.4 Å². The van der Waals surface area contributed by atoms with E-state index in [0.29, 0.717) is 10.8 Å². The second-order valence-corrected chi connectivity index (χ2v) is 7.80. The number of anilines is 1. The molecular formula is C20H22N4O2S. The maximum Gasteiger partial charge on any atom is 0.276 e. The van der Waals surface area contributed by atoms with Gasteiger partial charge in [0.05, 0.1) is 23.4 Å². The number of morpholine rings is 1. The molecule has 1 aromatic carbocycles. The quantitative estimate of drug-likeness (QED) is 0.747. The minimum absolute atomic E-state index is 0.227. The molecule has 1 amide bonds. The fourth-order valence-electron chi connectivity index (χ4n) is 3.43. The Kier molecular flexibility index (Phi) is 5.15. The van der Waals surface area contributed by atoms with Crippen molar-refractivity contribution in [2.24, 2.45) is 0 Å². The van der Waals surface area contributed by atoms with Gasteiger partial charge in [-0.2, -0.15) is 0 Å². The number of ether oxygens (including phenoxy) is 1. The lowest BCUT2D eigenvalue weighted by Gasteiger charge is -2.34. The van der Waals surface area contributed by atoms with E-state index in [1.165, 1.54) is 11.3 Å². The molecule has 4 rings (SSSR count). The molecule has 3 aromatic rings. The van der Waals surface area contributed by atoms with Gasteiger partial charge in [-0.05, 0) is 26.0 Å². The van der Waals surface area contributed by atoms with Gasteiger partial charge < -0.3 is 4.74 Å². The van der Waals surface area contributed by atoms with Crippen LogP contribution in [0, 0.1) is 0 Å². The Hall–Kier alpha value is -2.35. The van der Waals surface area contributed by atoms with E-state index in [4.69, 9.17) is 4.74 Å². The molecule has 0 radical (unpaired) electrons. The van der Waals surface area contributed by atoms with Crippen LogP contribution in [0.5, 0.6) is 0 Å². The number of carbonyl (C=O) groups is 1. The van der Waals surface area contributed by atoms with E-state index in [1.807, 2.05) is 35.7 Å². The fourth-order valence-corrected chi connectivity index (χ4v) is 4.13. The molecule has 1 saturated heterocycles. The number of thiazole rings is 1. The molecule has 2 atom stereocenters. The van der Waals surface area contributed by atoms with E-state index < -0.39 is 0 Å². The Bertz CT molecular complexity index is 948. The van der Waals surface area contributed by atoms with Crippen molar-refractivity contribution in [2.45, 2.75) is 32.6 Å². The SMILES string of the molecule is CC1CN(Cc2csc(NC(=O)c3ccc4ccccc4n3)n2)CC(C)O1. The first kappa shape index (κ1) is 18.0. The minimum atomic E-state index is -0.240. The van der Waals surface area contributed by atoms with Gasteiger partial charge in [0.2, 0.25) is 0 Å². The number of rotatable bonds is 4. The Balaban J connectivity index is 1.41. The average molecular weight is 382 g/mol. The van der Waals surface area contributed by atoms with E-state index in [1.54, 1.807) is 6.07 Å². The van der Waals surface area contributed by atoms with Gasteiger partial charge in [-0.3, -0.25) is 15.0 Å². The maximum absolute atomic E-state index is 12.5. The maximum atomic E-state index is 12.5. The van der Waals surface area contributed by atoms with Crippen LogP contribution in [0.3, 0.4) is 0 Å². The molecule has 0 spiro atoms. The molecule has 2 unspecified atom stereocenters. The first-order chi connectivity index (χ1) is 13.1. The number of para-hydroxylation sites is 1. The van der Waals surface area contributed by atoms with Gasteiger partial charge in [-0.25, -0.2) is 9.97 Å². The standard InChI is InChI=1S/C20H22N4O2S/c1-13-9-24(10-14(2)26-13)11-16-12-27-20(21-16)23-19(25)18-8-7-15-5-3-4-6-17(15)22-18/h3-8,12-14H,9-11H2,1-2H3,(H,21,23,25). The van der Waals surface area contributed by atoms with E-state index in [2.05, 4.69) is 34.0 Å². The summed E-state index contributed by atoms with van der Waals surface area (Å²) in [4.78, 5) is 23.8. The number of nitrogens with one attached hydrogen (secondary N) is 1. The first-order valence-electron chi connectivity index (χ1n) is 9.06. The Morgan fingerprint density at radius 1 is 1.19 bits per heavy atom. The highest BCUT2D eigenvalue weighted by Gasteiger charge is 2.23. The summed E-state index contributed by atoms with van der Waals surface area (Å²) in [5.74, 6) is -0.240. The van der Waals surface area contributed by atoms with Gasteiger partial charge in [-0.1, -0.05) is 24.3 Å². The zero-order chi connectivity index (χ0) is 18.8. The topological polar surface area (TPSA) is 67.4 Å². The molecule has 0 aliphatic carbocycles. The molecule has 0 bridgehead atoms. The number of hydrogen-bond donors (Lipinski definition) is 1. The number of nitrogens with zero attached hydrogens (tertiary/aromatic N) is 3. The number of amides is 1. The van der Waals surface area contributed by atoms with Crippen molar-refractivity contribution >= 4 is 33.3 Å². The van der Waals surface area contributed by atoms with Crippen LogP contribution < -0.4 is 5.32 Å². The summed E-state index contributed by atoms with van der Waals surface area (Å²) in [5, 5.41) is 6.47. The van der Waals surface area contributed by atoms with Gasteiger partial charge in [0.25, 0.3) is 5.91 Å². The number of aromatic nitrogens is 2. The van der Waals surface area contributed by atoms with Crippen LogP contribution >= 0.6 is 11.3 Å². The molecule has 6 nitrogen and oxygen atoms in total. The van der Waals surface area contributed by atoms with Crippen LogP contribution in [0.4, 0.5) is 5.13 Å². The predicted octanol–water partition coefficient (Wildman–Crippen LogP) is 3.55.